The number of halogens is 2. The number of benzene rings is 3. The molecule has 0 aliphatic rings. The van der Waals surface area contributed by atoms with Gasteiger partial charge in [-0.1, -0.05) is 85.1 Å². The number of aromatic hydroxyl groups is 1. The number of hydrogen-bond donors (Lipinski definition) is 2. The van der Waals surface area contributed by atoms with Gasteiger partial charge in [0.05, 0.1) is 11.9 Å². The summed E-state index contributed by atoms with van der Waals surface area (Å²) in [6.07, 6.45) is 4.83. The molecule has 2 N–H and O–H groups in total. The molecule has 3 aromatic carbocycles. The van der Waals surface area contributed by atoms with E-state index in [9.17, 15) is 5.11 Å². The molecule has 0 saturated heterocycles. The molecule has 0 saturated carbocycles. The molecule has 0 spiro atoms. The fourth-order valence-electron chi connectivity index (χ4n) is 4.41. The van der Waals surface area contributed by atoms with Gasteiger partial charge in [0.2, 0.25) is 0 Å². The minimum Gasteiger partial charge on any atom is -0.508 e. The van der Waals surface area contributed by atoms with Crippen molar-refractivity contribution in [3.63, 3.8) is 0 Å². The van der Waals surface area contributed by atoms with E-state index in [1.54, 1.807) is 12.1 Å². The van der Waals surface area contributed by atoms with E-state index in [0.717, 1.165) is 42.0 Å². The maximum absolute atomic E-state index is 9.78. The minimum atomic E-state index is 0.0254. The summed E-state index contributed by atoms with van der Waals surface area (Å²) in [5.41, 5.74) is 4.31. The molecule has 182 valence electrons. The lowest BCUT2D eigenvalue weighted by atomic mass is 9.97. The average Bonchev–Trinajstić information content (AvgIpc) is 3.28. The van der Waals surface area contributed by atoms with Gasteiger partial charge < -0.3 is 15.0 Å². The number of nitrogens with zero attached hydrogens (tertiary/aromatic N) is 2. The predicted octanol–water partition coefficient (Wildman–Crippen LogP) is 8.00. The average molecular weight is 508 g/mol. The molecule has 2 atom stereocenters. The number of phenols is 1. The van der Waals surface area contributed by atoms with Crippen LogP contribution in [0.2, 0.25) is 10.0 Å². The molecule has 2 unspecified atom stereocenters. The van der Waals surface area contributed by atoms with Crippen LogP contribution in [0.4, 0.5) is 0 Å². The SMILES string of the molecule is CCCCn1c(C(C)NC(Cc2ccc(O)cc2Cl)c2ccccc2)cnc1-c1cccc(Cl)c1. The van der Waals surface area contributed by atoms with Crippen LogP contribution in [0.15, 0.2) is 79.0 Å². The van der Waals surface area contributed by atoms with Crippen LogP contribution in [0.25, 0.3) is 11.4 Å². The quantitative estimate of drug-likeness (QED) is 0.228. The highest BCUT2D eigenvalue weighted by Gasteiger charge is 2.22. The molecule has 0 radical (unpaired) electrons. The van der Waals surface area contributed by atoms with E-state index in [-0.39, 0.29) is 17.8 Å². The summed E-state index contributed by atoms with van der Waals surface area (Å²) in [5, 5.41) is 14.9. The maximum Gasteiger partial charge on any atom is 0.140 e. The first-order valence-corrected chi connectivity index (χ1v) is 12.8. The molecule has 0 fully saturated rings. The van der Waals surface area contributed by atoms with Crippen molar-refractivity contribution in [3.05, 3.63) is 106 Å². The van der Waals surface area contributed by atoms with E-state index >= 15 is 0 Å². The molecule has 0 aliphatic heterocycles. The van der Waals surface area contributed by atoms with Gasteiger partial charge in [-0.05, 0) is 55.2 Å². The van der Waals surface area contributed by atoms with Crippen LogP contribution in [0, 0.1) is 0 Å². The molecule has 1 aromatic heterocycles. The third kappa shape index (κ3) is 6.26. The smallest absolute Gasteiger partial charge is 0.140 e. The van der Waals surface area contributed by atoms with Gasteiger partial charge in [-0.25, -0.2) is 4.98 Å². The number of unbranched alkanes of at least 4 members (excludes halogenated alkanes) is 1. The van der Waals surface area contributed by atoms with Crippen molar-refractivity contribution < 1.29 is 5.11 Å². The zero-order valence-corrected chi connectivity index (χ0v) is 21.6. The normalized spacial score (nSPS) is 13.0. The van der Waals surface area contributed by atoms with Gasteiger partial charge >= 0.3 is 0 Å². The summed E-state index contributed by atoms with van der Waals surface area (Å²) in [5.74, 6) is 1.10. The van der Waals surface area contributed by atoms with Crippen LogP contribution < -0.4 is 5.32 Å². The number of rotatable bonds is 10. The van der Waals surface area contributed by atoms with Crippen molar-refractivity contribution in [2.75, 3.05) is 0 Å². The number of hydrogen-bond acceptors (Lipinski definition) is 3. The first-order chi connectivity index (χ1) is 17.0. The van der Waals surface area contributed by atoms with Gasteiger partial charge in [0, 0.05) is 34.2 Å². The first-order valence-electron chi connectivity index (χ1n) is 12.1. The third-order valence-corrected chi connectivity index (χ3v) is 6.85. The number of aromatic nitrogens is 2. The molecular formula is C29H31Cl2N3O. The molecule has 0 aliphatic carbocycles. The molecule has 4 rings (SSSR count). The Kier molecular flexibility index (Phi) is 8.50. The van der Waals surface area contributed by atoms with Crippen LogP contribution in [-0.2, 0) is 13.0 Å². The molecule has 4 aromatic rings. The first kappa shape index (κ1) is 25.3. The van der Waals surface area contributed by atoms with E-state index in [1.165, 1.54) is 5.56 Å². The number of phenolic OH excluding ortho intramolecular Hbond substituents is 1. The summed E-state index contributed by atoms with van der Waals surface area (Å²) in [6.45, 7) is 5.26. The fraction of sp³-hybridized carbons (Fsp3) is 0.276. The van der Waals surface area contributed by atoms with Crippen molar-refractivity contribution in [1.29, 1.82) is 0 Å². The summed E-state index contributed by atoms with van der Waals surface area (Å²) in [6, 6.07) is 23.5. The van der Waals surface area contributed by atoms with Crippen molar-refractivity contribution in [2.45, 2.75) is 51.7 Å². The summed E-state index contributed by atoms with van der Waals surface area (Å²) < 4.78 is 2.31. The zero-order valence-electron chi connectivity index (χ0n) is 20.1. The van der Waals surface area contributed by atoms with Crippen LogP contribution in [0.3, 0.4) is 0 Å². The second kappa shape index (κ2) is 11.8. The fourth-order valence-corrected chi connectivity index (χ4v) is 4.85. The van der Waals surface area contributed by atoms with Crippen LogP contribution >= 0.6 is 23.2 Å². The molecule has 0 amide bonds. The second-order valence-corrected chi connectivity index (χ2v) is 9.70. The van der Waals surface area contributed by atoms with Crippen molar-refractivity contribution in [2.24, 2.45) is 0 Å². The lowest BCUT2D eigenvalue weighted by Crippen LogP contribution is -2.28. The van der Waals surface area contributed by atoms with Gasteiger partial charge in [0.15, 0.2) is 0 Å². The highest BCUT2D eigenvalue weighted by atomic mass is 35.5. The zero-order chi connectivity index (χ0) is 24.8. The van der Waals surface area contributed by atoms with Gasteiger partial charge in [0.1, 0.15) is 11.6 Å². The van der Waals surface area contributed by atoms with Gasteiger partial charge in [-0.2, -0.15) is 0 Å². The summed E-state index contributed by atoms with van der Waals surface area (Å²) >= 11 is 12.7. The highest BCUT2D eigenvalue weighted by Crippen LogP contribution is 2.30. The Labute approximate surface area is 217 Å². The van der Waals surface area contributed by atoms with Crippen LogP contribution in [0.1, 0.15) is 55.6 Å². The molecule has 6 heteroatoms. The van der Waals surface area contributed by atoms with E-state index < -0.39 is 0 Å². The van der Waals surface area contributed by atoms with E-state index in [1.807, 2.05) is 36.5 Å². The lowest BCUT2D eigenvalue weighted by Gasteiger charge is -2.26. The Morgan fingerprint density at radius 3 is 2.51 bits per heavy atom. The van der Waals surface area contributed by atoms with Crippen molar-refractivity contribution in [3.8, 4) is 17.1 Å². The van der Waals surface area contributed by atoms with E-state index in [4.69, 9.17) is 28.2 Å². The predicted molar refractivity (Wildman–Crippen MR) is 145 cm³/mol. The van der Waals surface area contributed by atoms with Crippen molar-refractivity contribution >= 4 is 23.2 Å². The van der Waals surface area contributed by atoms with Crippen molar-refractivity contribution in [1.82, 2.24) is 14.9 Å². The topological polar surface area (TPSA) is 50.1 Å². The maximum atomic E-state index is 9.78. The largest absolute Gasteiger partial charge is 0.508 e. The lowest BCUT2D eigenvalue weighted by molar-refractivity contribution is 0.441. The molecule has 0 bridgehead atoms. The third-order valence-electron chi connectivity index (χ3n) is 6.26. The van der Waals surface area contributed by atoms with Crippen LogP contribution in [-0.4, -0.2) is 14.7 Å². The van der Waals surface area contributed by atoms with E-state index in [0.29, 0.717) is 16.5 Å². The Morgan fingerprint density at radius 2 is 1.80 bits per heavy atom. The number of imidazole rings is 1. The summed E-state index contributed by atoms with van der Waals surface area (Å²) in [4.78, 5) is 4.80. The van der Waals surface area contributed by atoms with Crippen LogP contribution in [0.5, 0.6) is 5.75 Å². The van der Waals surface area contributed by atoms with Gasteiger partial charge in [0.25, 0.3) is 0 Å². The number of nitrogens with one attached hydrogen (secondary N) is 1. The van der Waals surface area contributed by atoms with Gasteiger partial charge in [-0.3, -0.25) is 0 Å². The molecule has 1 heterocycles. The van der Waals surface area contributed by atoms with E-state index in [2.05, 4.69) is 54.1 Å². The monoisotopic (exact) mass is 507 g/mol. The standard InChI is InChI=1S/C29H31Cl2N3O/c1-3-4-15-34-28(19-32-29(34)23-11-8-12-24(30)16-23)20(2)33-27(21-9-6-5-7-10-21)17-22-13-14-25(35)18-26(22)31/h5-14,16,18-20,27,33,35H,3-4,15,17H2,1-2H3. The molecule has 4 nitrogen and oxygen atoms in total. The highest BCUT2D eigenvalue weighted by molar-refractivity contribution is 6.31. The van der Waals surface area contributed by atoms with Gasteiger partial charge in [-0.15, -0.1) is 0 Å². The Bertz CT molecular complexity index is 1260. The summed E-state index contributed by atoms with van der Waals surface area (Å²) in [7, 11) is 0. The molecular weight excluding hydrogens is 477 g/mol. The Hall–Kier alpha value is -2.79. The second-order valence-electron chi connectivity index (χ2n) is 8.85. The minimum absolute atomic E-state index is 0.0254. The Morgan fingerprint density at radius 1 is 1.00 bits per heavy atom. The Balaban J connectivity index is 1.66. The molecule has 35 heavy (non-hydrogen) atoms.